The topological polar surface area (TPSA) is 56.9 Å². The molecule has 1 aliphatic heterocycles. The van der Waals surface area contributed by atoms with Crippen LogP contribution in [0.15, 0.2) is 46.9 Å². The molecule has 1 atom stereocenters. The number of carbonyl (C=O) groups excluding carboxylic acids is 1. The highest BCUT2D eigenvalue weighted by molar-refractivity contribution is 7.97. The van der Waals surface area contributed by atoms with Crippen molar-refractivity contribution in [2.24, 2.45) is 0 Å². The number of rotatable bonds is 5. The first kappa shape index (κ1) is 18.0. The van der Waals surface area contributed by atoms with Crippen LogP contribution >= 0.6 is 11.8 Å². The fourth-order valence-electron chi connectivity index (χ4n) is 3.09. The van der Waals surface area contributed by atoms with E-state index in [1.54, 1.807) is 22.7 Å². The van der Waals surface area contributed by atoms with Gasteiger partial charge in [-0.05, 0) is 24.0 Å². The summed E-state index contributed by atoms with van der Waals surface area (Å²) in [5.74, 6) is 1.76. The molecule has 2 aromatic rings. The first-order chi connectivity index (χ1) is 12.2. The molecule has 6 heteroatoms. The van der Waals surface area contributed by atoms with Crippen LogP contribution in [0, 0.1) is 0 Å². The second-order valence-electron chi connectivity index (χ2n) is 6.32. The predicted octanol–water partition coefficient (Wildman–Crippen LogP) is 2.46. The van der Waals surface area contributed by atoms with Gasteiger partial charge in [0.1, 0.15) is 5.76 Å². The van der Waals surface area contributed by atoms with Crippen molar-refractivity contribution in [1.29, 1.82) is 0 Å². The van der Waals surface area contributed by atoms with Crippen LogP contribution < -0.4 is 0 Å². The van der Waals surface area contributed by atoms with Crippen molar-refractivity contribution in [3.8, 4) is 0 Å². The summed E-state index contributed by atoms with van der Waals surface area (Å²) < 4.78 is 5.63. The van der Waals surface area contributed by atoms with Crippen LogP contribution in [0.3, 0.4) is 0 Å². The molecule has 1 aromatic carbocycles. The average molecular weight is 360 g/mol. The van der Waals surface area contributed by atoms with Gasteiger partial charge in [-0.2, -0.15) is 11.8 Å². The zero-order valence-electron chi connectivity index (χ0n) is 14.4. The van der Waals surface area contributed by atoms with E-state index in [2.05, 4.69) is 17.0 Å². The second kappa shape index (κ2) is 8.56. The lowest BCUT2D eigenvalue weighted by Crippen LogP contribution is -2.37. The van der Waals surface area contributed by atoms with E-state index in [9.17, 15) is 9.90 Å². The third-order valence-corrected chi connectivity index (χ3v) is 4.85. The van der Waals surface area contributed by atoms with Crippen LogP contribution in [-0.4, -0.2) is 59.4 Å². The number of furan rings is 1. The molecule has 2 heterocycles. The second-order valence-corrected chi connectivity index (χ2v) is 7.19. The van der Waals surface area contributed by atoms with Crippen molar-refractivity contribution in [1.82, 2.24) is 9.80 Å². The Morgan fingerprint density at radius 2 is 2.00 bits per heavy atom. The predicted molar refractivity (Wildman–Crippen MR) is 99.6 cm³/mol. The van der Waals surface area contributed by atoms with Crippen LogP contribution in [-0.2, 0) is 12.3 Å². The Hall–Kier alpha value is -1.76. The molecule has 1 fully saturated rings. The fourth-order valence-corrected chi connectivity index (χ4v) is 3.53. The molecule has 0 aliphatic carbocycles. The van der Waals surface area contributed by atoms with Crippen molar-refractivity contribution >= 4 is 17.7 Å². The Balaban J connectivity index is 1.62. The molecule has 0 bridgehead atoms. The van der Waals surface area contributed by atoms with Crippen molar-refractivity contribution in [2.45, 2.75) is 18.4 Å². The molecule has 1 aliphatic rings. The van der Waals surface area contributed by atoms with E-state index in [4.69, 9.17) is 4.42 Å². The summed E-state index contributed by atoms with van der Waals surface area (Å²) in [6.07, 6.45) is 1.44. The zero-order chi connectivity index (χ0) is 17.6. The molecule has 1 aromatic heterocycles. The van der Waals surface area contributed by atoms with Crippen LogP contribution in [0.4, 0.5) is 0 Å². The summed E-state index contributed by atoms with van der Waals surface area (Å²) in [7, 11) is 0. The molecule has 1 unspecified atom stereocenters. The van der Waals surface area contributed by atoms with Gasteiger partial charge in [-0.25, -0.2) is 0 Å². The fraction of sp³-hybridized carbons (Fsp3) is 0.421. The highest BCUT2D eigenvalue weighted by Gasteiger charge is 2.26. The van der Waals surface area contributed by atoms with E-state index in [1.165, 1.54) is 5.56 Å². The van der Waals surface area contributed by atoms with Gasteiger partial charge in [0.15, 0.2) is 5.76 Å². The SMILES string of the molecule is CSCc1ccc(C(=O)N2CCN(Cc3ccccc3)CC(O)C2)o1. The summed E-state index contributed by atoms with van der Waals surface area (Å²) in [5, 5.41) is 10.3. The minimum atomic E-state index is -0.559. The van der Waals surface area contributed by atoms with Gasteiger partial charge in [-0.3, -0.25) is 9.69 Å². The lowest BCUT2D eigenvalue weighted by molar-refractivity contribution is 0.0633. The maximum Gasteiger partial charge on any atom is 0.289 e. The normalized spacial score (nSPS) is 19.0. The van der Waals surface area contributed by atoms with E-state index in [-0.39, 0.29) is 5.91 Å². The van der Waals surface area contributed by atoms with Gasteiger partial charge in [-0.15, -0.1) is 0 Å². The highest BCUT2D eigenvalue weighted by atomic mass is 32.2. The van der Waals surface area contributed by atoms with E-state index in [1.807, 2.05) is 30.5 Å². The van der Waals surface area contributed by atoms with E-state index < -0.39 is 6.10 Å². The van der Waals surface area contributed by atoms with Crippen molar-refractivity contribution in [3.63, 3.8) is 0 Å². The van der Waals surface area contributed by atoms with E-state index in [0.29, 0.717) is 25.4 Å². The van der Waals surface area contributed by atoms with E-state index >= 15 is 0 Å². The molecule has 134 valence electrons. The van der Waals surface area contributed by atoms with Gasteiger partial charge in [0.25, 0.3) is 5.91 Å². The molecule has 1 N–H and O–H groups in total. The first-order valence-electron chi connectivity index (χ1n) is 8.47. The lowest BCUT2D eigenvalue weighted by atomic mass is 10.2. The van der Waals surface area contributed by atoms with Crippen LogP contribution in [0.5, 0.6) is 0 Å². The molecule has 0 spiro atoms. The molecule has 1 saturated heterocycles. The number of nitrogens with zero attached hydrogens (tertiary/aromatic N) is 2. The largest absolute Gasteiger partial charge is 0.455 e. The first-order valence-corrected chi connectivity index (χ1v) is 9.86. The number of carbonyl (C=O) groups is 1. The van der Waals surface area contributed by atoms with Gasteiger partial charge >= 0.3 is 0 Å². The number of β-amino-alcohol motifs (C(OH)–C–C–N with tert-alkyl or cyclic N) is 1. The average Bonchev–Trinajstić information content (AvgIpc) is 2.99. The number of hydrogen-bond donors (Lipinski definition) is 1. The van der Waals surface area contributed by atoms with Gasteiger partial charge in [0.05, 0.1) is 11.9 Å². The third-order valence-electron chi connectivity index (χ3n) is 4.28. The molecular formula is C19H24N2O3S. The summed E-state index contributed by atoms with van der Waals surface area (Å²) in [6, 6.07) is 13.8. The smallest absolute Gasteiger partial charge is 0.289 e. The van der Waals surface area contributed by atoms with Crippen molar-refractivity contribution in [3.05, 3.63) is 59.5 Å². The number of amides is 1. The van der Waals surface area contributed by atoms with Crippen LogP contribution in [0.1, 0.15) is 21.9 Å². The third kappa shape index (κ3) is 4.87. The maximum atomic E-state index is 12.7. The summed E-state index contributed by atoms with van der Waals surface area (Å²) in [4.78, 5) is 16.6. The monoisotopic (exact) mass is 360 g/mol. The molecule has 0 saturated carbocycles. The minimum absolute atomic E-state index is 0.145. The highest BCUT2D eigenvalue weighted by Crippen LogP contribution is 2.17. The Morgan fingerprint density at radius 1 is 1.20 bits per heavy atom. The van der Waals surface area contributed by atoms with Gasteiger partial charge in [0, 0.05) is 32.7 Å². The van der Waals surface area contributed by atoms with Gasteiger partial charge in [-0.1, -0.05) is 30.3 Å². The molecule has 25 heavy (non-hydrogen) atoms. The Kier molecular flexibility index (Phi) is 6.18. The summed E-state index contributed by atoms with van der Waals surface area (Å²) in [6.45, 7) is 2.99. The van der Waals surface area contributed by atoms with Crippen molar-refractivity contribution in [2.75, 3.05) is 32.4 Å². The molecule has 3 rings (SSSR count). The zero-order valence-corrected chi connectivity index (χ0v) is 15.2. The number of aliphatic hydroxyl groups excluding tert-OH is 1. The number of benzene rings is 1. The van der Waals surface area contributed by atoms with Gasteiger partial charge < -0.3 is 14.4 Å². The quantitative estimate of drug-likeness (QED) is 0.888. The Bertz CT molecular complexity index is 689. The number of hydrogen-bond acceptors (Lipinski definition) is 5. The number of aliphatic hydroxyl groups is 1. The molecule has 1 amide bonds. The summed E-state index contributed by atoms with van der Waals surface area (Å²) >= 11 is 1.65. The molecular weight excluding hydrogens is 336 g/mol. The van der Waals surface area contributed by atoms with Crippen molar-refractivity contribution < 1.29 is 14.3 Å². The molecule has 0 radical (unpaired) electrons. The standard InChI is InChI=1S/C19H24N2O3S/c1-25-14-17-7-8-18(24-17)19(23)21-10-9-20(12-16(22)13-21)11-15-5-3-2-4-6-15/h2-8,16,22H,9-14H2,1H3. The van der Waals surface area contributed by atoms with Crippen LogP contribution in [0.25, 0.3) is 0 Å². The number of thioether (sulfide) groups is 1. The summed E-state index contributed by atoms with van der Waals surface area (Å²) in [5.41, 5.74) is 1.21. The maximum absolute atomic E-state index is 12.7. The lowest BCUT2D eigenvalue weighted by Gasteiger charge is -2.21. The Labute approximate surface area is 152 Å². The molecule has 5 nitrogen and oxygen atoms in total. The van der Waals surface area contributed by atoms with E-state index in [0.717, 1.165) is 24.6 Å². The van der Waals surface area contributed by atoms with Gasteiger partial charge in [0.2, 0.25) is 0 Å². The Morgan fingerprint density at radius 3 is 2.76 bits per heavy atom. The minimum Gasteiger partial charge on any atom is -0.455 e. The van der Waals surface area contributed by atoms with Crippen LogP contribution in [0.2, 0.25) is 0 Å².